The fourth-order valence-electron chi connectivity index (χ4n) is 9.94. The van der Waals surface area contributed by atoms with Gasteiger partial charge in [0.15, 0.2) is 6.10 Å². The van der Waals surface area contributed by atoms with E-state index < -0.39 is 6.10 Å². The van der Waals surface area contributed by atoms with Gasteiger partial charge in [0.2, 0.25) is 0 Å². The average molecular weight is 1150 g/mol. The van der Waals surface area contributed by atoms with E-state index in [9.17, 15) is 14.4 Å². The number of rotatable bonds is 64. The van der Waals surface area contributed by atoms with Crippen LogP contribution in [0.15, 0.2) is 109 Å². The number of carbonyl (C=O) groups is 3. The molecule has 83 heavy (non-hydrogen) atoms. The fraction of sp³-hybridized carbons (Fsp3) is 0.727. The minimum Gasteiger partial charge on any atom is -0.462 e. The largest absolute Gasteiger partial charge is 0.462 e. The Labute approximate surface area is 514 Å². The second-order valence-corrected chi connectivity index (χ2v) is 23.4. The lowest BCUT2D eigenvalue weighted by Gasteiger charge is -2.18. The number of unbranched alkanes of at least 4 members (excludes halogenated alkanes) is 35. The van der Waals surface area contributed by atoms with Gasteiger partial charge in [0.25, 0.3) is 0 Å². The van der Waals surface area contributed by atoms with Crippen molar-refractivity contribution in [2.75, 3.05) is 13.2 Å². The Morgan fingerprint density at radius 1 is 0.253 bits per heavy atom. The molecule has 0 aromatic heterocycles. The number of hydrogen-bond donors (Lipinski definition) is 0. The van der Waals surface area contributed by atoms with Gasteiger partial charge < -0.3 is 14.2 Å². The summed E-state index contributed by atoms with van der Waals surface area (Å²) in [5.74, 6) is -0.894. The van der Waals surface area contributed by atoms with Gasteiger partial charge in [0.05, 0.1) is 0 Å². The molecule has 0 aromatic carbocycles. The molecule has 0 spiro atoms. The molecule has 1 atom stereocenters. The number of esters is 3. The van der Waals surface area contributed by atoms with Gasteiger partial charge in [-0.15, -0.1) is 0 Å². The summed E-state index contributed by atoms with van der Waals surface area (Å²) in [6.07, 6.45) is 96.8. The molecule has 6 heteroatoms. The highest BCUT2D eigenvalue weighted by Gasteiger charge is 2.19. The van der Waals surface area contributed by atoms with E-state index in [0.717, 1.165) is 116 Å². The highest BCUT2D eigenvalue weighted by molar-refractivity contribution is 5.71. The molecule has 0 rings (SSSR count). The van der Waals surface area contributed by atoms with Crippen molar-refractivity contribution in [2.24, 2.45) is 0 Å². The number of allylic oxidation sites excluding steroid dienone is 18. The first kappa shape index (κ1) is 79.1. The smallest absolute Gasteiger partial charge is 0.306 e. The van der Waals surface area contributed by atoms with Crippen molar-refractivity contribution in [2.45, 2.75) is 348 Å². The molecule has 476 valence electrons. The minimum atomic E-state index is -0.792. The zero-order valence-electron chi connectivity index (χ0n) is 54.7. The van der Waals surface area contributed by atoms with Crippen LogP contribution in [0.25, 0.3) is 0 Å². The number of ether oxygens (including phenoxy) is 3. The number of carbonyl (C=O) groups excluding carboxylic acids is 3. The van der Waals surface area contributed by atoms with Crippen LogP contribution >= 0.6 is 0 Å². The van der Waals surface area contributed by atoms with E-state index in [1.165, 1.54) is 186 Å². The lowest BCUT2D eigenvalue weighted by Crippen LogP contribution is -2.30. The van der Waals surface area contributed by atoms with Crippen molar-refractivity contribution in [3.8, 4) is 0 Å². The van der Waals surface area contributed by atoms with E-state index in [1.807, 2.05) is 0 Å². The van der Waals surface area contributed by atoms with Gasteiger partial charge in [-0.1, -0.05) is 304 Å². The summed E-state index contributed by atoms with van der Waals surface area (Å²) in [6.45, 7) is 6.53. The van der Waals surface area contributed by atoms with Crippen LogP contribution in [0.3, 0.4) is 0 Å². The van der Waals surface area contributed by atoms with E-state index in [2.05, 4.69) is 130 Å². The lowest BCUT2D eigenvalue weighted by atomic mass is 10.0. The molecule has 0 fully saturated rings. The molecule has 0 aliphatic carbocycles. The van der Waals surface area contributed by atoms with E-state index in [0.29, 0.717) is 19.3 Å². The van der Waals surface area contributed by atoms with Crippen molar-refractivity contribution in [3.63, 3.8) is 0 Å². The van der Waals surface area contributed by atoms with E-state index in [1.54, 1.807) is 0 Å². The third-order valence-electron chi connectivity index (χ3n) is 15.2. The van der Waals surface area contributed by atoms with E-state index >= 15 is 0 Å². The molecule has 6 nitrogen and oxygen atoms in total. The molecule has 0 bridgehead atoms. The van der Waals surface area contributed by atoms with Gasteiger partial charge >= 0.3 is 17.9 Å². The molecule has 0 radical (unpaired) electrons. The Bertz CT molecular complexity index is 1660. The van der Waals surface area contributed by atoms with Crippen molar-refractivity contribution in [1.82, 2.24) is 0 Å². The highest BCUT2D eigenvalue weighted by atomic mass is 16.6. The van der Waals surface area contributed by atoms with Crippen molar-refractivity contribution < 1.29 is 28.6 Å². The lowest BCUT2D eigenvalue weighted by molar-refractivity contribution is -0.167. The van der Waals surface area contributed by atoms with Gasteiger partial charge in [-0.25, -0.2) is 0 Å². The summed E-state index contributed by atoms with van der Waals surface area (Å²) >= 11 is 0. The Kier molecular flexibility index (Phi) is 67.2. The Morgan fingerprint density at radius 3 is 0.747 bits per heavy atom. The standard InChI is InChI=1S/C77H132O6/c1-4-7-10-13-16-19-22-25-28-30-32-34-36-37-38-39-41-42-44-46-49-52-55-58-61-64-67-70-76(79)82-73-74(72-81-75(78)69-66-63-60-57-54-51-48-27-24-21-18-15-12-9-6-3)83-77(80)71-68-65-62-59-56-53-50-47-45-43-40-35-33-31-29-26-23-20-17-14-11-8-5-2/h8,11,17,20,22,25-27,29-30,32-33,35-37,43,45,48,74H,4-7,9-10,12-16,18-19,21,23-24,28,31,34,38-42,44,46-47,49-73H2,1-3H3/b11-8-,20-17-,25-22-,29-26-,32-30-,35-33-,37-36-,45-43-,48-27-. The highest BCUT2D eigenvalue weighted by Crippen LogP contribution is 2.16. The summed E-state index contributed by atoms with van der Waals surface area (Å²) in [5.41, 5.74) is 0. The first-order chi connectivity index (χ1) is 41.0. The van der Waals surface area contributed by atoms with Gasteiger partial charge in [-0.3, -0.25) is 14.4 Å². The number of hydrogen-bond acceptors (Lipinski definition) is 6. The molecule has 0 amide bonds. The van der Waals surface area contributed by atoms with E-state index in [-0.39, 0.29) is 31.1 Å². The maximum absolute atomic E-state index is 13.0. The predicted octanol–water partition coefficient (Wildman–Crippen LogP) is 24.6. The van der Waals surface area contributed by atoms with Crippen LogP contribution in [-0.2, 0) is 28.6 Å². The maximum atomic E-state index is 13.0. The first-order valence-corrected chi connectivity index (χ1v) is 35.4. The first-order valence-electron chi connectivity index (χ1n) is 35.4. The Hall–Kier alpha value is -3.93. The summed E-state index contributed by atoms with van der Waals surface area (Å²) in [7, 11) is 0. The minimum absolute atomic E-state index is 0.0857. The quantitative estimate of drug-likeness (QED) is 0.0261. The topological polar surface area (TPSA) is 78.9 Å². The second kappa shape index (κ2) is 70.6. The second-order valence-electron chi connectivity index (χ2n) is 23.4. The van der Waals surface area contributed by atoms with E-state index in [4.69, 9.17) is 14.2 Å². The molecule has 1 unspecified atom stereocenters. The normalized spacial score (nSPS) is 12.8. The molecule has 0 aliphatic heterocycles. The van der Waals surface area contributed by atoms with Gasteiger partial charge in [0, 0.05) is 19.3 Å². The van der Waals surface area contributed by atoms with Crippen LogP contribution < -0.4 is 0 Å². The van der Waals surface area contributed by atoms with Crippen LogP contribution in [0.2, 0.25) is 0 Å². The molecule has 0 N–H and O–H groups in total. The van der Waals surface area contributed by atoms with Gasteiger partial charge in [-0.05, 0) is 128 Å². The summed E-state index contributed by atoms with van der Waals surface area (Å²) < 4.78 is 17.0. The molecule has 0 heterocycles. The van der Waals surface area contributed by atoms with Crippen LogP contribution in [0.1, 0.15) is 342 Å². The van der Waals surface area contributed by atoms with Gasteiger partial charge in [0.1, 0.15) is 13.2 Å². The summed E-state index contributed by atoms with van der Waals surface area (Å²) in [4.78, 5) is 38.5. The van der Waals surface area contributed by atoms with Crippen LogP contribution in [0.5, 0.6) is 0 Å². The van der Waals surface area contributed by atoms with Gasteiger partial charge in [-0.2, -0.15) is 0 Å². The summed E-state index contributed by atoms with van der Waals surface area (Å²) in [5, 5.41) is 0. The van der Waals surface area contributed by atoms with Crippen LogP contribution in [0.4, 0.5) is 0 Å². The zero-order chi connectivity index (χ0) is 59.9. The maximum Gasteiger partial charge on any atom is 0.306 e. The van der Waals surface area contributed by atoms with Crippen molar-refractivity contribution in [1.29, 1.82) is 0 Å². The summed E-state index contributed by atoms with van der Waals surface area (Å²) in [6, 6.07) is 0. The molecular weight excluding hydrogens is 1020 g/mol. The third kappa shape index (κ3) is 68.7. The van der Waals surface area contributed by atoms with Crippen molar-refractivity contribution in [3.05, 3.63) is 109 Å². The SMILES string of the molecule is CC/C=C\C/C=C\C/C=C\C/C=C\C/C=C\CCCCCCCCCC(=O)OC(COC(=O)CCCCCCC/C=C\CCCCCCCC)COC(=O)CCCCCCCCCCCCCC/C=C\C/C=C\C/C=C\CCCCCCC. The van der Waals surface area contributed by atoms with Crippen LogP contribution in [0, 0.1) is 0 Å². The molecule has 0 aliphatic rings. The third-order valence-corrected chi connectivity index (χ3v) is 15.2. The zero-order valence-corrected chi connectivity index (χ0v) is 54.7. The fourth-order valence-corrected chi connectivity index (χ4v) is 9.94. The molecule has 0 saturated carbocycles. The Morgan fingerprint density at radius 2 is 0.470 bits per heavy atom. The van der Waals surface area contributed by atoms with Crippen molar-refractivity contribution >= 4 is 17.9 Å². The molecule has 0 aromatic rings. The van der Waals surface area contributed by atoms with Crippen LogP contribution in [-0.4, -0.2) is 37.2 Å². The predicted molar refractivity (Wildman–Crippen MR) is 362 cm³/mol. The Balaban J connectivity index is 4.36. The monoisotopic (exact) mass is 1150 g/mol. The molecular formula is C77H132O6. The average Bonchev–Trinajstić information content (AvgIpc) is 3.49. The molecule has 0 saturated heterocycles.